The summed E-state index contributed by atoms with van der Waals surface area (Å²) in [5, 5.41) is 0.420. The van der Waals surface area contributed by atoms with Crippen molar-refractivity contribution in [2.24, 2.45) is 0 Å². The number of hydrogen-bond acceptors (Lipinski definition) is 2. The van der Waals surface area contributed by atoms with Gasteiger partial charge in [-0.1, -0.05) is 17.7 Å². The Morgan fingerprint density at radius 3 is 2.71 bits per heavy atom. The van der Waals surface area contributed by atoms with E-state index in [1.165, 1.54) is 6.20 Å². The Morgan fingerprint density at radius 2 is 2.24 bits per heavy atom. The van der Waals surface area contributed by atoms with Gasteiger partial charge in [-0.15, -0.1) is 6.58 Å². The molecule has 0 N–H and O–H groups in total. The third-order valence-corrected chi connectivity index (χ3v) is 2.69. The maximum absolute atomic E-state index is 12.4. The van der Waals surface area contributed by atoms with Crippen LogP contribution < -0.4 is 0 Å². The number of amides is 1. The summed E-state index contributed by atoms with van der Waals surface area (Å²) in [6.45, 7) is 10.1. The van der Waals surface area contributed by atoms with E-state index in [0.29, 0.717) is 17.1 Å². The van der Waals surface area contributed by atoms with Crippen molar-refractivity contribution in [1.82, 2.24) is 9.88 Å². The van der Waals surface area contributed by atoms with Gasteiger partial charge in [0.2, 0.25) is 0 Å². The number of carbonyl (C=O) groups is 1. The second-order valence-electron chi connectivity index (χ2n) is 4.73. The molecule has 0 atom stereocenters. The van der Waals surface area contributed by atoms with Crippen LogP contribution in [0.2, 0.25) is 5.02 Å². The van der Waals surface area contributed by atoms with E-state index >= 15 is 0 Å². The Hall–Kier alpha value is -1.35. The summed E-state index contributed by atoms with van der Waals surface area (Å²) in [6, 6.07) is 1.61. The lowest BCUT2D eigenvalue weighted by Crippen LogP contribution is -2.45. The van der Waals surface area contributed by atoms with Crippen molar-refractivity contribution in [3.8, 4) is 0 Å². The van der Waals surface area contributed by atoms with Crippen molar-refractivity contribution in [3.05, 3.63) is 41.7 Å². The zero-order chi connectivity index (χ0) is 13.1. The van der Waals surface area contributed by atoms with Crippen molar-refractivity contribution in [1.29, 1.82) is 0 Å². The van der Waals surface area contributed by atoms with Crippen LogP contribution in [0.25, 0.3) is 0 Å². The predicted molar refractivity (Wildman–Crippen MR) is 70.2 cm³/mol. The fourth-order valence-electron chi connectivity index (χ4n) is 1.47. The summed E-state index contributed by atoms with van der Waals surface area (Å²) in [5.74, 6) is -0.129. The van der Waals surface area contributed by atoms with Gasteiger partial charge in [-0.2, -0.15) is 0 Å². The molecule has 0 saturated heterocycles. The van der Waals surface area contributed by atoms with Gasteiger partial charge < -0.3 is 4.90 Å². The molecule has 0 aliphatic carbocycles. The smallest absolute Gasteiger partial charge is 0.257 e. The van der Waals surface area contributed by atoms with E-state index in [2.05, 4.69) is 11.6 Å². The van der Waals surface area contributed by atoms with Crippen LogP contribution in [-0.4, -0.2) is 27.9 Å². The van der Waals surface area contributed by atoms with E-state index in [9.17, 15) is 4.79 Å². The molecule has 92 valence electrons. The molecule has 0 unspecified atom stereocenters. The maximum atomic E-state index is 12.4. The van der Waals surface area contributed by atoms with Crippen LogP contribution >= 0.6 is 11.6 Å². The Kier molecular flexibility index (Phi) is 4.29. The van der Waals surface area contributed by atoms with Crippen LogP contribution in [0.3, 0.4) is 0 Å². The lowest BCUT2D eigenvalue weighted by molar-refractivity contribution is 0.0616. The number of aromatic nitrogens is 1. The first-order valence-electron chi connectivity index (χ1n) is 5.40. The molecule has 17 heavy (non-hydrogen) atoms. The van der Waals surface area contributed by atoms with Gasteiger partial charge in [-0.05, 0) is 26.8 Å². The largest absolute Gasteiger partial charge is 0.330 e. The molecule has 0 aromatic carbocycles. The zero-order valence-corrected chi connectivity index (χ0v) is 11.2. The molecule has 1 rings (SSSR count). The number of hydrogen-bond donors (Lipinski definition) is 0. The number of nitrogens with zero attached hydrogens (tertiary/aromatic N) is 2. The van der Waals surface area contributed by atoms with Gasteiger partial charge in [0.05, 0.1) is 10.6 Å². The minimum atomic E-state index is -0.287. The molecule has 1 aromatic heterocycles. The van der Waals surface area contributed by atoms with Gasteiger partial charge >= 0.3 is 0 Å². The molecule has 3 nitrogen and oxygen atoms in total. The molecule has 0 spiro atoms. The molecule has 0 bridgehead atoms. The summed E-state index contributed by atoms with van der Waals surface area (Å²) >= 11 is 6.00. The molecule has 0 aliphatic rings. The third-order valence-electron chi connectivity index (χ3n) is 2.36. The standard InChI is InChI=1S/C13H17ClN2O/c1-5-8-16(13(2,3)4)12(17)10-9-15-7-6-11(10)14/h5-7,9H,1,8H2,2-4H3. The number of pyridine rings is 1. The van der Waals surface area contributed by atoms with Crippen LogP contribution in [0, 0.1) is 0 Å². The monoisotopic (exact) mass is 252 g/mol. The average Bonchev–Trinajstić information content (AvgIpc) is 2.24. The van der Waals surface area contributed by atoms with Crippen LogP contribution in [-0.2, 0) is 0 Å². The number of carbonyl (C=O) groups excluding carboxylic acids is 1. The Morgan fingerprint density at radius 1 is 1.59 bits per heavy atom. The van der Waals surface area contributed by atoms with Gasteiger partial charge in [0.25, 0.3) is 5.91 Å². The van der Waals surface area contributed by atoms with Gasteiger partial charge in [0.15, 0.2) is 0 Å². The van der Waals surface area contributed by atoms with E-state index < -0.39 is 0 Å². The third kappa shape index (κ3) is 3.30. The Labute approximate surface area is 107 Å². The number of rotatable bonds is 3. The Balaban J connectivity index is 3.09. The SMILES string of the molecule is C=CCN(C(=O)c1cnccc1Cl)C(C)(C)C. The Bertz CT molecular complexity index is 424. The van der Waals surface area contributed by atoms with E-state index in [1.54, 1.807) is 23.2 Å². The first-order chi connectivity index (χ1) is 7.88. The van der Waals surface area contributed by atoms with Crippen molar-refractivity contribution in [2.45, 2.75) is 26.3 Å². The van der Waals surface area contributed by atoms with Gasteiger partial charge in [0.1, 0.15) is 0 Å². The summed E-state index contributed by atoms with van der Waals surface area (Å²) in [6.07, 6.45) is 4.76. The number of halogens is 1. The van der Waals surface area contributed by atoms with Gasteiger partial charge in [-0.3, -0.25) is 9.78 Å². The molecule has 1 aromatic rings. The maximum Gasteiger partial charge on any atom is 0.257 e. The molecule has 4 heteroatoms. The van der Waals surface area contributed by atoms with Crippen molar-refractivity contribution < 1.29 is 4.79 Å². The van der Waals surface area contributed by atoms with Crippen molar-refractivity contribution in [3.63, 3.8) is 0 Å². The van der Waals surface area contributed by atoms with E-state index in [-0.39, 0.29) is 11.4 Å². The summed E-state index contributed by atoms with van der Waals surface area (Å²) in [4.78, 5) is 18.0. The topological polar surface area (TPSA) is 33.2 Å². The van der Waals surface area contributed by atoms with Crippen molar-refractivity contribution in [2.75, 3.05) is 6.54 Å². The lowest BCUT2D eigenvalue weighted by Gasteiger charge is -2.35. The van der Waals surface area contributed by atoms with Crippen LogP contribution in [0.1, 0.15) is 31.1 Å². The highest BCUT2D eigenvalue weighted by Crippen LogP contribution is 2.21. The average molecular weight is 253 g/mol. The highest BCUT2D eigenvalue weighted by molar-refractivity contribution is 6.33. The molecular weight excluding hydrogens is 236 g/mol. The highest BCUT2D eigenvalue weighted by atomic mass is 35.5. The predicted octanol–water partition coefficient (Wildman–Crippen LogP) is 3.16. The fraction of sp³-hybridized carbons (Fsp3) is 0.385. The molecule has 1 amide bonds. The first kappa shape index (κ1) is 13.7. The minimum absolute atomic E-state index is 0.129. The van der Waals surface area contributed by atoms with Crippen LogP contribution in [0.15, 0.2) is 31.1 Å². The molecule has 1 heterocycles. The molecule has 0 aliphatic heterocycles. The highest BCUT2D eigenvalue weighted by Gasteiger charge is 2.27. The summed E-state index contributed by atoms with van der Waals surface area (Å²) < 4.78 is 0. The molecule has 0 saturated carbocycles. The second-order valence-corrected chi connectivity index (χ2v) is 5.14. The second kappa shape index (κ2) is 5.32. The molecule has 0 fully saturated rings. The molecular formula is C13H17ClN2O. The van der Waals surface area contributed by atoms with E-state index in [0.717, 1.165) is 0 Å². The van der Waals surface area contributed by atoms with Gasteiger partial charge in [0, 0.05) is 24.5 Å². The van der Waals surface area contributed by atoms with E-state index in [1.807, 2.05) is 20.8 Å². The van der Waals surface area contributed by atoms with Crippen LogP contribution in [0.4, 0.5) is 0 Å². The normalized spacial score (nSPS) is 11.1. The molecule has 0 radical (unpaired) electrons. The van der Waals surface area contributed by atoms with Crippen LogP contribution in [0.5, 0.6) is 0 Å². The summed E-state index contributed by atoms with van der Waals surface area (Å²) in [5.41, 5.74) is 0.135. The van der Waals surface area contributed by atoms with Gasteiger partial charge in [-0.25, -0.2) is 0 Å². The fourth-order valence-corrected chi connectivity index (χ4v) is 1.66. The lowest BCUT2D eigenvalue weighted by atomic mass is 10.0. The van der Waals surface area contributed by atoms with Crippen molar-refractivity contribution >= 4 is 17.5 Å². The minimum Gasteiger partial charge on any atom is -0.330 e. The summed E-state index contributed by atoms with van der Waals surface area (Å²) in [7, 11) is 0. The first-order valence-corrected chi connectivity index (χ1v) is 5.78. The quantitative estimate of drug-likeness (QED) is 0.775. The van der Waals surface area contributed by atoms with E-state index in [4.69, 9.17) is 11.6 Å². The zero-order valence-electron chi connectivity index (χ0n) is 10.4.